The fraction of sp³-hybridized carbons (Fsp3) is 0.750. The minimum atomic E-state index is 0.540. The van der Waals surface area contributed by atoms with Crippen LogP contribution < -0.4 is 5.32 Å². The third-order valence-electron chi connectivity index (χ3n) is 3.60. The van der Waals surface area contributed by atoms with Gasteiger partial charge in [0.1, 0.15) is 0 Å². The summed E-state index contributed by atoms with van der Waals surface area (Å²) < 4.78 is 1.26. The van der Waals surface area contributed by atoms with Gasteiger partial charge in [-0.15, -0.1) is 11.3 Å². The highest BCUT2D eigenvalue weighted by Gasteiger charge is 2.14. The summed E-state index contributed by atoms with van der Waals surface area (Å²) in [5.74, 6) is 0. The summed E-state index contributed by atoms with van der Waals surface area (Å²) in [5.41, 5.74) is 1.49. The van der Waals surface area contributed by atoms with Gasteiger partial charge in [0.05, 0.1) is 3.79 Å². The molecule has 0 fully saturated rings. The van der Waals surface area contributed by atoms with E-state index in [0.717, 1.165) is 6.54 Å². The van der Waals surface area contributed by atoms with E-state index in [1.54, 1.807) is 0 Å². The van der Waals surface area contributed by atoms with Crippen LogP contribution in [-0.4, -0.2) is 6.54 Å². The fourth-order valence-corrected chi connectivity index (χ4v) is 4.32. The van der Waals surface area contributed by atoms with Gasteiger partial charge in [-0.3, -0.25) is 0 Å². The fourth-order valence-electron chi connectivity index (χ4n) is 2.55. The summed E-state index contributed by atoms with van der Waals surface area (Å²) in [6.45, 7) is 7.76. The smallest absolute Gasteiger partial charge is 0.0704 e. The number of aryl methyl sites for hydroxylation is 1. The van der Waals surface area contributed by atoms with E-state index in [9.17, 15) is 0 Å². The highest BCUT2D eigenvalue weighted by atomic mass is 79.9. The van der Waals surface area contributed by atoms with Gasteiger partial charge in [0.15, 0.2) is 0 Å². The molecule has 1 unspecified atom stereocenters. The summed E-state index contributed by atoms with van der Waals surface area (Å²) in [6, 6.07) is 2.84. The minimum Gasteiger partial charge on any atom is -0.310 e. The summed E-state index contributed by atoms with van der Waals surface area (Å²) in [4.78, 5) is 1.45. The van der Waals surface area contributed by atoms with Crippen LogP contribution in [0.25, 0.3) is 0 Å². The lowest BCUT2D eigenvalue weighted by molar-refractivity contribution is 0.476. The SMILES string of the molecule is CCCCCCCCC(NCC)c1cc(Br)sc1C. The molecule has 19 heavy (non-hydrogen) atoms. The van der Waals surface area contributed by atoms with E-state index in [0.29, 0.717) is 6.04 Å². The van der Waals surface area contributed by atoms with Crippen LogP contribution in [0, 0.1) is 6.92 Å². The largest absolute Gasteiger partial charge is 0.310 e. The van der Waals surface area contributed by atoms with Crippen LogP contribution >= 0.6 is 27.3 Å². The first-order valence-electron chi connectivity index (χ1n) is 7.68. The maximum Gasteiger partial charge on any atom is 0.0704 e. The Hall–Kier alpha value is 0.140. The average Bonchev–Trinajstić information content (AvgIpc) is 2.71. The standard InChI is InChI=1S/C16H28BrNS/c1-4-6-7-8-9-10-11-15(18-5-2)14-12-16(17)19-13(14)3/h12,15,18H,4-11H2,1-3H3. The van der Waals surface area contributed by atoms with E-state index in [4.69, 9.17) is 0 Å². The maximum atomic E-state index is 3.64. The number of thiophene rings is 1. The molecule has 0 spiro atoms. The van der Waals surface area contributed by atoms with Crippen LogP contribution in [0.3, 0.4) is 0 Å². The zero-order valence-corrected chi connectivity index (χ0v) is 15.0. The predicted molar refractivity (Wildman–Crippen MR) is 91.2 cm³/mol. The molecule has 1 nitrogen and oxygen atoms in total. The van der Waals surface area contributed by atoms with Gasteiger partial charge in [0, 0.05) is 10.9 Å². The molecule has 1 atom stereocenters. The van der Waals surface area contributed by atoms with E-state index in [-0.39, 0.29) is 0 Å². The van der Waals surface area contributed by atoms with Crippen LogP contribution in [0.15, 0.2) is 9.85 Å². The molecule has 1 heterocycles. The number of hydrogen-bond acceptors (Lipinski definition) is 2. The summed E-state index contributed by atoms with van der Waals surface area (Å²) >= 11 is 5.45. The van der Waals surface area contributed by atoms with Gasteiger partial charge in [0.2, 0.25) is 0 Å². The van der Waals surface area contributed by atoms with Gasteiger partial charge in [0.25, 0.3) is 0 Å². The molecule has 0 aromatic carbocycles. The van der Waals surface area contributed by atoms with Crippen molar-refractivity contribution in [2.24, 2.45) is 0 Å². The molecule has 110 valence electrons. The molecular formula is C16H28BrNS. The van der Waals surface area contributed by atoms with E-state index >= 15 is 0 Å². The molecule has 0 aliphatic rings. The molecule has 1 rings (SSSR count). The Morgan fingerprint density at radius 3 is 2.42 bits per heavy atom. The Labute approximate surface area is 131 Å². The molecule has 0 aliphatic heterocycles. The number of halogens is 1. The predicted octanol–water partition coefficient (Wildman–Crippen LogP) is 6.22. The quantitative estimate of drug-likeness (QED) is 0.496. The Kier molecular flexibility index (Phi) is 9.01. The molecule has 0 saturated carbocycles. The maximum absolute atomic E-state index is 3.64. The second kappa shape index (κ2) is 9.95. The lowest BCUT2D eigenvalue weighted by Gasteiger charge is -2.18. The Bertz CT molecular complexity index is 349. The van der Waals surface area contributed by atoms with Gasteiger partial charge in [-0.1, -0.05) is 52.4 Å². The van der Waals surface area contributed by atoms with E-state index in [1.807, 2.05) is 11.3 Å². The Morgan fingerprint density at radius 1 is 1.16 bits per heavy atom. The van der Waals surface area contributed by atoms with Gasteiger partial charge in [-0.05, 0) is 47.4 Å². The van der Waals surface area contributed by atoms with Crippen LogP contribution in [0.1, 0.15) is 75.3 Å². The molecule has 0 aliphatic carbocycles. The number of hydrogen-bond donors (Lipinski definition) is 1. The molecule has 0 radical (unpaired) electrons. The molecule has 0 saturated heterocycles. The van der Waals surface area contributed by atoms with E-state index in [1.165, 1.54) is 59.2 Å². The summed E-state index contributed by atoms with van der Waals surface area (Å²) in [5, 5.41) is 3.64. The number of unbranched alkanes of at least 4 members (excludes halogenated alkanes) is 5. The van der Waals surface area contributed by atoms with Crippen molar-refractivity contribution in [3.05, 3.63) is 20.3 Å². The topological polar surface area (TPSA) is 12.0 Å². The van der Waals surface area contributed by atoms with Gasteiger partial charge in [-0.2, -0.15) is 0 Å². The van der Waals surface area contributed by atoms with Crippen molar-refractivity contribution in [1.82, 2.24) is 5.32 Å². The summed E-state index contributed by atoms with van der Waals surface area (Å²) in [6.07, 6.45) is 9.53. The number of nitrogens with one attached hydrogen (secondary N) is 1. The van der Waals surface area contributed by atoms with Crippen LogP contribution in [0.2, 0.25) is 0 Å². The van der Waals surface area contributed by atoms with Crippen molar-refractivity contribution in [2.75, 3.05) is 6.54 Å². The lowest BCUT2D eigenvalue weighted by Crippen LogP contribution is -2.21. The first-order chi connectivity index (χ1) is 9.19. The van der Waals surface area contributed by atoms with E-state index < -0.39 is 0 Å². The normalized spacial score (nSPS) is 12.8. The Balaban J connectivity index is 2.38. The van der Waals surface area contributed by atoms with Crippen molar-refractivity contribution in [1.29, 1.82) is 0 Å². The van der Waals surface area contributed by atoms with Crippen LogP contribution in [0.5, 0.6) is 0 Å². The zero-order chi connectivity index (χ0) is 14.1. The highest BCUT2D eigenvalue weighted by Crippen LogP contribution is 2.32. The van der Waals surface area contributed by atoms with Crippen molar-refractivity contribution < 1.29 is 0 Å². The van der Waals surface area contributed by atoms with Crippen molar-refractivity contribution in [3.63, 3.8) is 0 Å². The van der Waals surface area contributed by atoms with Crippen molar-refractivity contribution >= 4 is 27.3 Å². The van der Waals surface area contributed by atoms with Gasteiger partial charge < -0.3 is 5.32 Å². The molecule has 0 amide bonds. The van der Waals surface area contributed by atoms with Gasteiger partial charge >= 0.3 is 0 Å². The van der Waals surface area contributed by atoms with Crippen molar-refractivity contribution in [3.8, 4) is 0 Å². The zero-order valence-electron chi connectivity index (χ0n) is 12.6. The molecule has 3 heteroatoms. The first kappa shape index (κ1) is 17.2. The third kappa shape index (κ3) is 6.42. The minimum absolute atomic E-state index is 0.540. The van der Waals surface area contributed by atoms with Crippen molar-refractivity contribution in [2.45, 2.75) is 71.8 Å². The third-order valence-corrected chi connectivity index (χ3v) is 5.17. The van der Waals surface area contributed by atoms with Crippen LogP contribution in [-0.2, 0) is 0 Å². The molecule has 0 bridgehead atoms. The molecule has 1 N–H and O–H groups in total. The average molecular weight is 346 g/mol. The molecule has 1 aromatic heterocycles. The Morgan fingerprint density at radius 2 is 1.84 bits per heavy atom. The second-order valence-electron chi connectivity index (χ2n) is 5.23. The van der Waals surface area contributed by atoms with Crippen LogP contribution in [0.4, 0.5) is 0 Å². The lowest BCUT2D eigenvalue weighted by atomic mass is 10.00. The monoisotopic (exact) mass is 345 g/mol. The summed E-state index contributed by atoms with van der Waals surface area (Å²) in [7, 11) is 0. The molecule has 1 aromatic rings. The molecular weight excluding hydrogens is 318 g/mol. The van der Waals surface area contributed by atoms with E-state index in [2.05, 4.69) is 48.1 Å². The second-order valence-corrected chi connectivity index (χ2v) is 7.86. The number of rotatable bonds is 10. The highest BCUT2D eigenvalue weighted by molar-refractivity contribution is 9.11. The first-order valence-corrected chi connectivity index (χ1v) is 9.29. The van der Waals surface area contributed by atoms with Gasteiger partial charge in [-0.25, -0.2) is 0 Å².